The summed E-state index contributed by atoms with van der Waals surface area (Å²) in [6.07, 6.45) is 3.70. The van der Waals surface area contributed by atoms with Crippen LogP contribution in [0, 0.1) is 6.92 Å². The number of methoxy groups -OCH3 is 1. The molecule has 7 nitrogen and oxygen atoms in total. The number of nitrogens with zero attached hydrogens (tertiary/aromatic N) is 3. The van der Waals surface area contributed by atoms with Crippen LogP contribution in [0.5, 0.6) is 5.75 Å². The molecule has 2 heterocycles. The predicted octanol–water partition coefficient (Wildman–Crippen LogP) is 2.63. The Kier molecular flexibility index (Phi) is 4.86. The Bertz CT molecular complexity index is 798. The summed E-state index contributed by atoms with van der Waals surface area (Å²) in [5.41, 5.74) is 0.720. The van der Waals surface area contributed by atoms with Gasteiger partial charge >= 0.3 is 0 Å². The van der Waals surface area contributed by atoms with Crippen LogP contribution in [0.4, 0.5) is 0 Å². The van der Waals surface area contributed by atoms with E-state index in [0.717, 1.165) is 43.5 Å². The van der Waals surface area contributed by atoms with E-state index in [1.807, 2.05) is 29.2 Å². The number of hydrogen-bond donors (Lipinski definition) is 0. The SMILES string of the molecule is COc1ccc(C2(C(=O)N3CCCC(OCc4noc(C)n4)C3)CC2)cc1. The standard InChI is InChI=1S/C20H25N3O4/c1-14-21-18(22-27-14)13-26-17-4-3-11-23(12-17)19(24)20(9-10-20)15-5-7-16(25-2)8-6-15/h5-8,17H,3-4,9-13H2,1-2H3. The van der Waals surface area contributed by atoms with Gasteiger partial charge in [0.1, 0.15) is 12.4 Å². The molecule has 1 unspecified atom stereocenters. The van der Waals surface area contributed by atoms with E-state index in [4.69, 9.17) is 14.0 Å². The number of likely N-dealkylation sites (tertiary alicyclic amines) is 1. The summed E-state index contributed by atoms with van der Waals surface area (Å²) in [6.45, 7) is 3.48. The van der Waals surface area contributed by atoms with E-state index in [1.54, 1.807) is 14.0 Å². The molecular formula is C20H25N3O4. The topological polar surface area (TPSA) is 77.7 Å². The van der Waals surface area contributed by atoms with Crippen molar-refractivity contribution < 1.29 is 18.8 Å². The van der Waals surface area contributed by atoms with Gasteiger partial charge in [-0.05, 0) is 43.4 Å². The zero-order valence-electron chi connectivity index (χ0n) is 15.8. The Morgan fingerprint density at radius 3 is 2.74 bits per heavy atom. The van der Waals surface area contributed by atoms with Crippen molar-refractivity contribution in [3.05, 3.63) is 41.5 Å². The van der Waals surface area contributed by atoms with Crippen LogP contribution < -0.4 is 4.74 Å². The molecule has 2 aromatic rings. The van der Waals surface area contributed by atoms with Crippen LogP contribution in [0.15, 0.2) is 28.8 Å². The summed E-state index contributed by atoms with van der Waals surface area (Å²) >= 11 is 0. The molecule has 2 fully saturated rings. The van der Waals surface area contributed by atoms with Gasteiger partial charge in [0.05, 0.1) is 18.6 Å². The molecule has 1 aliphatic heterocycles. The molecule has 27 heavy (non-hydrogen) atoms. The van der Waals surface area contributed by atoms with Gasteiger partial charge in [-0.25, -0.2) is 0 Å². The van der Waals surface area contributed by atoms with Gasteiger partial charge in [-0.3, -0.25) is 4.79 Å². The maximum absolute atomic E-state index is 13.3. The Hall–Kier alpha value is -2.41. The molecule has 2 aliphatic rings. The van der Waals surface area contributed by atoms with Crippen molar-refractivity contribution in [3.63, 3.8) is 0 Å². The minimum absolute atomic E-state index is 0.00757. The third kappa shape index (κ3) is 3.69. The first kappa shape index (κ1) is 18.0. The molecule has 1 amide bonds. The molecule has 1 saturated heterocycles. The van der Waals surface area contributed by atoms with Crippen molar-refractivity contribution in [1.29, 1.82) is 0 Å². The molecule has 0 bridgehead atoms. The van der Waals surface area contributed by atoms with Crippen LogP contribution in [0.25, 0.3) is 0 Å². The van der Waals surface area contributed by atoms with Gasteiger partial charge < -0.3 is 18.9 Å². The second kappa shape index (κ2) is 7.31. The van der Waals surface area contributed by atoms with Crippen molar-refractivity contribution >= 4 is 5.91 Å². The number of aryl methyl sites for hydroxylation is 1. The highest BCUT2D eigenvalue weighted by Gasteiger charge is 2.53. The second-order valence-electron chi connectivity index (χ2n) is 7.37. The number of carbonyl (C=O) groups is 1. The summed E-state index contributed by atoms with van der Waals surface area (Å²) in [5, 5.41) is 3.86. The summed E-state index contributed by atoms with van der Waals surface area (Å²) < 4.78 is 16.1. The number of ether oxygens (including phenoxy) is 2. The van der Waals surface area contributed by atoms with Crippen molar-refractivity contribution in [2.75, 3.05) is 20.2 Å². The smallest absolute Gasteiger partial charge is 0.233 e. The third-order valence-electron chi connectivity index (χ3n) is 5.49. The average molecular weight is 371 g/mol. The van der Waals surface area contributed by atoms with Crippen molar-refractivity contribution in [3.8, 4) is 5.75 Å². The minimum atomic E-state index is -0.362. The predicted molar refractivity (Wildman–Crippen MR) is 97.3 cm³/mol. The highest BCUT2D eigenvalue weighted by Crippen LogP contribution is 2.50. The van der Waals surface area contributed by atoms with Gasteiger partial charge in [-0.1, -0.05) is 17.3 Å². The van der Waals surface area contributed by atoms with Crippen LogP contribution in [-0.2, 0) is 21.6 Å². The van der Waals surface area contributed by atoms with Crippen molar-refractivity contribution in [2.24, 2.45) is 0 Å². The van der Waals surface area contributed by atoms with E-state index in [1.165, 1.54) is 0 Å². The zero-order valence-corrected chi connectivity index (χ0v) is 15.8. The van der Waals surface area contributed by atoms with Gasteiger partial charge in [0.25, 0.3) is 0 Å². The van der Waals surface area contributed by atoms with Crippen molar-refractivity contribution in [2.45, 2.75) is 50.7 Å². The lowest BCUT2D eigenvalue weighted by Crippen LogP contribution is -2.47. The van der Waals surface area contributed by atoms with E-state index in [0.29, 0.717) is 24.9 Å². The Morgan fingerprint density at radius 1 is 1.33 bits per heavy atom. The quantitative estimate of drug-likeness (QED) is 0.777. The highest BCUT2D eigenvalue weighted by atomic mass is 16.5. The van der Waals surface area contributed by atoms with Crippen molar-refractivity contribution in [1.82, 2.24) is 15.0 Å². The van der Waals surface area contributed by atoms with E-state index >= 15 is 0 Å². The second-order valence-corrected chi connectivity index (χ2v) is 7.37. The fraction of sp³-hybridized carbons (Fsp3) is 0.550. The molecule has 1 aliphatic carbocycles. The Morgan fingerprint density at radius 2 is 2.11 bits per heavy atom. The van der Waals surface area contributed by atoms with Gasteiger partial charge in [0.15, 0.2) is 5.82 Å². The van der Waals surface area contributed by atoms with E-state index in [2.05, 4.69) is 10.1 Å². The Labute approximate surface area is 158 Å². The third-order valence-corrected chi connectivity index (χ3v) is 5.49. The zero-order chi connectivity index (χ0) is 18.9. The first-order valence-corrected chi connectivity index (χ1v) is 9.45. The monoisotopic (exact) mass is 371 g/mol. The molecule has 1 aromatic carbocycles. The van der Waals surface area contributed by atoms with Gasteiger partial charge in [0, 0.05) is 20.0 Å². The van der Waals surface area contributed by atoms with Gasteiger partial charge in [-0.15, -0.1) is 0 Å². The number of hydrogen-bond acceptors (Lipinski definition) is 6. The number of amides is 1. The molecule has 0 N–H and O–H groups in total. The molecule has 1 atom stereocenters. The largest absolute Gasteiger partial charge is 0.497 e. The number of rotatable bonds is 6. The molecule has 0 radical (unpaired) electrons. The molecule has 0 spiro atoms. The van der Waals surface area contributed by atoms with Gasteiger partial charge in [0.2, 0.25) is 11.8 Å². The number of aromatic nitrogens is 2. The van der Waals surface area contributed by atoms with Crippen LogP contribution in [0.3, 0.4) is 0 Å². The first-order chi connectivity index (χ1) is 13.1. The minimum Gasteiger partial charge on any atom is -0.497 e. The lowest BCUT2D eigenvalue weighted by molar-refractivity contribution is -0.138. The summed E-state index contributed by atoms with van der Waals surface area (Å²) in [4.78, 5) is 19.4. The fourth-order valence-electron chi connectivity index (χ4n) is 3.81. The lowest BCUT2D eigenvalue weighted by atomic mass is 9.93. The van der Waals surface area contributed by atoms with Gasteiger partial charge in [-0.2, -0.15) is 4.98 Å². The summed E-state index contributed by atoms with van der Waals surface area (Å²) in [7, 11) is 1.65. The maximum Gasteiger partial charge on any atom is 0.233 e. The van der Waals surface area contributed by atoms with Crippen LogP contribution >= 0.6 is 0 Å². The highest BCUT2D eigenvalue weighted by molar-refractivity contribution is 5.91. The fourth-order valence-corrected chi connectivity index (χ4v) is 3.81. The summed E-state index contributed by atoms with van der Waals surface area (Å²) in [6, 6.07) is 7.88. The number of benzene rings is 1. The Balaban J connectivity index is 1.39. The molecule has 144 valence electrons. The van der Waals surface area contributed by atoms with Crippen LogP contribution in [0.2, 0.25) is 0 Å². The average Bonchev–Trinajstić information content (AvgIpc) is 3.42. The maximum atomic E-state index is 13.3. The van der Waals surface area contributed by atoms with E-state index in [9.17, 15) is 4.79 Å². The lowest BCUT2D eigenvalue weighted by Gasteiger charge is -2.35. The van der Waals surface area contributed by atoms with E-state index in [-0.39, 0.29) is 17.4 Å². The normalized spacial score (nSPS) is 21.1. The van der Waals surface area contributed by atoms with E-state index < -0.39 is 0 Å². The van der Waals surface area contributed by atoms with Crippen LogP contribution in [0.1, 0.15) is 43.0 Å². The molecule has 1 aromatic heterocycles. The summed E-state index contributed by atoms with van der Waals surface area (Å²) in [5.74, 6) is 2.11. The first-order valence-electron chi connectivity index (χ1n) is 9.45. The molecular weight excluding hydrogens is 346 g/mol. The number of carbonyl (C=O) groups excluding carboxylic acids is 1. The molecule has 7 heteroatoms. The number of piperidine rings is 1. The molecule has 4 rings (SSSR count). The molecule has 1 saturated carbocycles. The van der Waals surface area contributed by atoms with Crippen LogP contribution in [-0.4, -0.2) is 47.3 Å².